The molecule has 0 N–H and O–H groups in total. The van der Waals surface area contributed by atoms with E-state index in [1.807, 2.05) is 36.4 Å². The molecule has 1 saturated heterocycles. The van der Waals surface area contributed by atoms with Crippen LogP contribution < -0.4 is 4.74 Å². The number of benzene rings is 2. The average molecular weight is 242 g/mol. The van der Waals surface area contributed by atoms with E-state index >= 15 is 0 Å². The van der Waals surface area contributed by atoms with Crippen molar-refractivity contribution in [3.63, 3.8) is 0 Å². The van der Waals surface area contributed by atoms with Gasteiger partial charge in [0.25, 0.3) is 0 Å². The van der Waals surface area contributed by atoms with Crippen molar-refractivity contribution in [1.82, 2.24) is 0 Å². The SMILES string of the molecule is COc1ccc(C2CCC(=O)O2)c2ccccc12. The Bertz CT molecular complexity index is 604. The van der Waals surface area contributed by atoms with Crippen molar-refractivity contribution >= 4 is 16.7 Å². The molecule has 1 fully saturated rings. The highest BCUT2D eigenvalue weighted by Crippen LogP contribution is 2.37. The summed E-state index contributed by atoms with van der Waals surface area (Å²) in [5.74, 6) is 0.735. The summed E-state index contributed by atoms with van der Waals surface area (Å²) in [6, 6.07) is 12.0. The third-order valence-corrected chi connectivity index (χ3v) is 3.37. The summed E-state index contributed by atoms with van der Waals surface area (Å²) in [5, 5.41) is 2.15. The van der Waals surface area contributed by atoms with Crippen LogP contribution in [0.1, 0.15) is 24.5 Å². The molecule has 1 heterocycles. The molecule has 0 saturated carbocycles. The lowest BCUT2D eigenvalue weighted by Gasteiger charge is -2.14. The van der Waals surface area contributed by atoms with Gasteiger partial charge in [-0.15, -0.1) is 0 Å². The maximum Gasteiger partial charge on any atom is 0.306 e. The molecule has 2 aromatic rings. The van der Waals surface area contributed by atoms with E-state index < -0.39 is 0 Å². The minimum Gasteiger partial charge on any atom is -0.496 e. The van der Waals surface area contributed by atoms with Crippen molar-refractivity contribution in [3.05, 3.63) is 42.0 Å². The fraction of sp³-hybridized carbons (Fsp3) is 0.267. The molecule has 0 aromatic heterocycles. The lowest BCUT2D eigenvalue weighted by molar-refractivity contribution is -0.141. The molecular weight excluding hydrogens is 228 g/mol. The molecule has 0 spiro atoms. The molecule has 92 valence electrons. The summed E-state index contributed by atoms with van der Waals surface area (Å²) >= 11 is 0. The first kappa shape index (κ1) is 11.1. The number of fused-ring (bicyclic) bond motifs is 1. The molecule has 2 aromatic carbocycles. The van der Waals surface area contributed by atoms with E-state index in [2.05, 4.69) is 0 Å². The molecule has 0 bridgehead atoms. The highest BCUT2D eigenvalue weighted by molar-refractivity contribution is 5.91. The van der Waals surface area contributed by atoms with Gasteiger partial charge in [-0.05, 0) is 17.9 Å². The van der Waals surface area contributed by atoms with Gasteiger partial charge in [-0.25, -0.2) is 0 Å². The van der Waals surface area contributed by atoms with E-state index in [4.69, 9.17) is 9.47 Å². The Morgan fingerprint density at radius 2 is 1.94 bits per heavy atom. The predicted octanol–water partition coefficient (Wildman–Crippen LogP) is 3.23. The quantitative estimate of drug-likeness (QED) is 0.758. The van der Waals surface area contributed by atoms with Crippen LogP contribution in [-0.2, 0) is 9.53 Å². The maximum absolute atomic E-state index is 11.2. The Balaban J connectivity index is 2.16. The molecule has 18 heavy (non-hydrogen) atoms. The van der Waals surface area contributed by atoms with Crippen LogP contribution in [0.25, 0.3) is 10.8 Å². The standard InChI is InChI=1S/C15H14O3/c1-17-13-7-6-12(14-8-9-15(16)18-14)10-4-2-3-5-11(10)13/h2-7,14H,8-9H2,1H3. The van der Waals surface area contributed by atoms with Crippen LogP contribution >= 0.6 is 0 Å². The van der Waals surface area contributed by atoms with Crippen molar-refractivity contribution in [2.75, 3.05) is 7.11 Å². The van der Waals surface area contributed by atoms with Crippen molar-refractivity contribution in [3.8, 4) is 5.75 Å². The number of hydrogen-bond donors (Lipinski definition) is 0. The summed E-state index contributed by atoms with van der Waals surface area (Å²) in [6.45, 7) is 0. The van der Waals surface area contributed by atoms with Gasteiger partial charge in [-0.2, -0.15) is 0 Å². The molecule has 3 nitrogen and oxygen atoms in total. The first-order valence-electron chi connectivity index (χ1n) is 6.04. The van der Waals surface area contributed by atoms with Gasteiger partial charge in [0.1, 0.15) is 11.9 Å². The second-order valence-corrected chi connectivity index (χ2v) is 4.42. The molecular formula is C15H14O3. The van der Waals surface area contributed by atoms with Gasteiger partial charge in [0, 0.05) is 17.4 Å². The van der Waals surface area contributed by atoms with E-state index in [0.717, 1.165) is 28.5 Å². The van der Waals surface area contributed by atoms with Gasteiger partial charge in [0.05, 0.1) is 7.11 Å². The number of hydrogen-bond acceptors (Lipinski definition) is 3. The topological polar surface area (TPSA) is 35.5 Å². The van der Waals surface area contributed by atoms with Crippen molar-refractivity contribution in [2.45, 2.75) is 18.9 Å². The number of carbonyl (C=O) groups is 1. The lowest BCUT2D eigenvalue weighted by atomic mass is 9.98. The minimum atomic E-state index is -0.117. The molecule has 1 aliphatic heterocycles. The summed E-state index contributed by atoms with van der Waals surface area (Å²) in [4.78, 5) is 11.2. The molecule has 1 unspecified atom stereocenters. The predicted molar refractivity (Wildman–Crippen MR) is 68.6 cm³/mol. The number of cyclic esters (lactones) is 1. The maximum atomic E-state index is 11.2. The largest absolute Gasteiger partial charge is 0.496 e. The van der Waals surface area contributed by atoms with Crippen LogP contribution in [0.2, 0.25) is 0 Å². The van der Waals surface area contributed by atoms with Gasteiger partial charge in [-0.3, -0.25) is 4.79 Å². The van der Waals surface area contributed by atoms with Gasteiger partial charge in [0.2, 0.25) is 0 Å². The average Bonchev–Trinajstić information content (AvgIpc) is 2.84. The first-order valence-corrected chi connectivity index (χ1v) is 6.04. The molecule has 0 radical (unpaired) electrons. The fourth-order valence-corrected chi connectivity index (χ4v) is 2.50. The van der Waals surface area contributed by atoms with Crippen molar-refractivity contribution < 1.29 is 14.3 Å². The van der Waals surface area contributed by atoms with E-state index in [1.165, 1.54) is 0 Å². The van der Waals surface area contributed by atoms with Crippen LogP contribution in [0.5, 0.6) is 5.75 Å². The van der Waals surface area contributed by atoms with E-state index in [9.17, 15) is 4.79 Å². The molecule has 0 amide bonds. The van der Waals surface area contributed by atoms with E-state index in [0.29, 0.717) is 6.42 Å². The zero-order valence-electron chi connectivity index (χ0n) is 10.2. The molecule has 1 aliphatic rings. The fourth-order valence-electron chi connectivity index (χ4n) is 2.50. The van der Waals surface area contributed by atoms with Crippen LogP contribution in [-0.4, -0.2) is 13.1 Å². The Labute approximate surface area is 105 Å². The Morgan fingerprint density at radius 3 is 2.61 bits per heavy atom. The summed E-state index contributed by atoms with van der Waals surface area (Å²) in [5.41, 5.74) is 1.07. The van der Waals surface area contributed by atoms with Crippen LogP contribution in [0.15, 0.2) is 36.4 Å². The lowest BCUT2D eigenvalue weighted by Crippen LogP contribution is -2.00. The number of methoxy groups -OCH3 is 1. The Hall–Kier alpha value is -2.03. The molecule has 1 atom stereocenters. The summed E-state index contributed by atoms with van der Waals surface area (Å²) in [7, 11) is 1.66. The highest BCUT2D eigenvalue weighted by Gasteiger charge is 2.26. The third kappa shape index (κ3) is 1.72. The van der Waals surface area contributed by atoms with E-state index in [1.54, 1.807) is 7.11 Å². The Kier molecular flexibility index (Phi) is 2.67. The third-order valence-electron chi connectivity index (χ3n) is 3.37. The smallest absolute Gasteiger partial charge is 0.306 e. The van der Waals surface area contributed by atoms with Gasteiger partial charge < -0.3 is 9.47 Å². The first-order chi connectivity index (χ1) is 8.79. The molecule has 0 aliphatic carbocycles. The van der Waals surface area contributed by atoms with Crippen LogP contribution in [0, 0.1) is 0 Å². The zero-order chi connectivity index (χ0) is 12.5. The van der Waals surface area contributed by atoms with E-state index in [-0.39, 0.29) is 12.1 Å². The van der Waals surface area contributed by atoms with Gasteiger partial charge in [-0.1, -0.05) is 30.3 Å². The minimum absolute atomic E-state index is 0.111. The second kappa shape index (κ2) is 4.33. The van der Waals surface area contributed by atoms with Gasteiger partial charge in [0.15, 0.2) is 0 Å². The molecule has 3 heteroatoms. The normalized spacial score (nSPS) is 18.9. The number of ether oxygens (including phenoxy) is 2. The summed E-state index contributed by atoms with van der Waals surface area (Å²) < 4.78 is 10.7. The Morgan fingerprint density at radius 1 is 1.17 bits per heavy atom. The van der Waals surface area contributed by atoms with Gasteiger partial charge >= 0.3 is 5.97 Å². The number of carbonyl (C=O) groups excluding carboxylic acids is 1. The summed E-state index contributed by atoms with van der Waals surface area (Å²) in [6.07, 6.45) is 1.15. The molecule has 3 rings (SSSR count). The number of esters is 1. The zero-order valence-corrected chi connectivity index (χ0v) is 10.2. The second-order valence-electron chi connectivity index (χ2n) is 4.42. The highest BCUT2D eigenvalue weighted by atomic mass is 16.5. The van der Waals surface area contributed by atoms with Crippen LogP contribution in [0.4, 0.5) is 0 Å². The number of rotatable bonds is 2. The monoisotopic (exact) mass is 242 g/mol. The van der Waals surface area contributed by atoms with Crippen molar-refractivity contribution in [1.29, 1.82) is 0 Å². The van der Waals surface area contributed by atoms with Crippen molar-refractivity contribution in [2.24, 2.45) is 0 Å². The van der Waals surface area contributed by atoms with Crippen LogP contribution in [0.3, 0.4) is 0 Å².